The molecule has 1 fully saturated rings. The summed E-state index contributed by atoms with van der Waals surface area (Å²) >= 11 is 0. The predicted octanol–water partition coefficient (Wildman–Crippen LogP) is 3.87. The number of Topliss-reactive ketones (excluding diaryl/α,β-unsaturated/α-hetero) is 1. The number of hydrogen-bond acceptors (Lipinski definition) is 2. The van der Waals surface area contributed by atoms with Gasteiger partial charge in [-0.05, 0) is 36.0 Å². The fraction of sp³-hybridized carbons (Fsp3) is 0.263. The van der Waals surface area contributed by atoms with Crippen LogP contribution in [-0.2, 0) is 0 Å². The number of fused-ring (bicyclic) bond motifs is 2. The summed E-state index contributed by atoms with van der Waals surface area (Å²) in [5.41, 5.74) is 1.88. The third-order valence-electron chi connectivity index (χ3n) is 4.86. The van der Waals surface area contributed by atoms with Crippen molar-refractivity contribution in [3.05, 3.63) is 78.1 Å². The average Bonchev–Trinajstić information content (AvgIpc) is 3.17. The first kappa shape index (κ1) is 12.5. The van der Waals surface area contributed by atoms with Crippen molar-refractivity contribution < 1.29 is 4.79 Å². The van der Waals surface area contributed by atoms with Crippen LogP contribution in [0.1, 0.15) is 28.4 Å². The van der Waals surface area contributed by atoms with Gasteiger partial charge in [0.05, 0.1) is 0 Å². The lowest BCUT2D eigenvalue weighted by Crippen LogP contribution is -2.27. The van der Waals surface area contributed by atoms with Gasteiger partial charge in [-0.2, -0.15) is 0 Å². The van der Waals surface area contributed by atoms with E-state index in [0.29, 0.717) is 23.4 Å². The van der Waals surface area contributed by atoms with Crippen molar-refractivity contribution in [2.75, 3.05) is 0 Å². The van der Waals surface area contributed by atoms with Crippen molar-refractivity contribution in [2.24, 2.45) is 17.8 Å². The molecule has 0 saturated heterocycles. The molecule has 2 nitrogen and oxygen atoms in total. The number of hydrogen-bond donors (Lipinski definition) is 0. The predicted molar refractivity (Wildman–Crippen MR) is 82.0 cm³/mol. The molecule has 1 aromatic carbocycles. The quantitative estimate of drug-likeness (QED) is 0.628. The number of carbonyl (C=O) groups excluding carboxylic acids is 1. The highest BCUT2D eigenvalue weighted by Gasteiger charge is 2.48. The Bertz CT molecular complexity index is 677. The van der Waals surface area contributed by atoms with E-state index in [1.807, 2.05) is 24.3 Å². The summed E-state index contributed by atoms with van der Waals surface area (Å²) in [7, 11) is 0. The Morgan fingerprint density at radius 1 is 0.952 bits per heavy atom. The van der Waals surface area contributed by atoms with Crippen LogP contribution in [0.25, 0.3) is 0 Å². The summed E-state index contributed by atoms with van der Waals surface area (Å²) in [6.07, 6.45) is 7.33. The average molecular weight is 275 g/mol. The monoisotopic (exact) mass is 275 g/mol. The molecule has 2 aliphatic carbocycles. The molecule has 1 heterocycles. The van der Waals surface area contributed by atoms with E-state index >= 15 is 0 Å². The number of ketones is 1. The van der Waals surface area contributed by atoms with E-state index in [-0.39, 0.29) is 11.7 Å². The van der Waals surface area contributed by atoms with E-state index in [1.54, 1.807) is 6.20 Å². The minimum atomic E-state index is 0.0392. The Hall–Kier alpha value is -2.22. The van der Waals surface area contributed by atoms with E-state index in [4.69, 9.17) is 0 Å². The van der Waals surface area contributed by atoms with Crippen LogP contribution in [0.15, 0.2) is 66.9 Å². The number of aromatic nitrogens is 1. The molecule has 0 amide bonds. The van der Waals surface area contributed by atoms with Crippen molar-refractivity contribution >= 4 is 5.78 Å². The van der Waals surface area contributed by atoms with Gasteiger partial charge in [0.2, 0.25) is 0 Å². The van der Waals surface area contributed by atoms with Crippen molar-refractivity contribution in [1.82, 2.24) is 4.98 Å². The first-order chi connectivity index (χ1) is 10.3. The highest BCUT2D eigenvalue weighted by Crippen LogP contribution is 2.53. The van der Waals surface area contributed by atoms with Crippen LogP contribution < -0.4 is 0 Å². The molecule has 0 radical (unpaired) electrons. The van der Waals surface area contributed by atoms with Gasteiger partial charge in [-0.25, -0.2) is 0 Å². The highest BCUT2D eigenvalue weighted by atomic mass is 16.1. The summed E-state index contributed by atoms with van der Waals surface area (Å²) < 4.78 is 0. The van der Waals surface area contributed by atoms with Gasteiger partial charge in [-0.3, -0.25) is 9.78 Å². The van der Waals surface area contributed by atoms with Crippen LogP contribution in [0.5, 0.6) is 0 Å². The lowest BCUT2D eigenvalue weighted by atomic mass is 9.75. The second-order valence-electron chi connectivity index (χ2n) is 5.99. The minimum Gasteiger partial charge on any atom is -0.292 e. The van der Waals surface area contributed by atoms with Gasteiger partial charge in [0, 0.05) is 18.0 Å². The Morgan fingerprint density at radius 2 is 1.71 bits per heavy atom. The van der Waals surface area contributed by atoms with Crippen LogP contribution in [0.3, 0.4) is 0 Å². The third kappa shape index (κ3) is 2.02. The zero-order chi connectivity index (χ0) is 14.2. The molecular formula is C19H17NO. The van der Waals surface area contributed by atoms with Crippen LogP contribution in [-0.4, -0.2) is 10.8 Å². The highest BCUT2D eigenvalue weighted by molar-refractivity contribution is 5.97. The zero-order valence-electron chi connectivity index (χ0n) is 11.7. The van der Waals surface area contributed by atoms with Gasteiger partial charge < -0.3 is 0 Å². The summed E-state index contributed by atoms with van der Waals surface area (Å²) in [6.45, 7) is 0. The van der Waals surface area contributed by atoms with E-state index in [2.05, 4.69) is 41.4 Å². The van der Waals surface area contributed by atoms with Crippen LogP contribution in [0.4, 0.5) is 0 Å². The maximum Gasteiger partial charge on any atom is 0.185 e. The molecular weight excluding hydrogens is 258 g/mol. The largest absolute Gasteiger partial charge is 0.292 e. The number of allylic oxidation sites excluding steroid dienone is 2. The van der Waals surface area contributed by atoms with Gasteiger partial charge in [0.25, 0.3) is 0 Å². The van der Waals surface area contributed by atoms with Crippen molar-refractivity contribution in [3.63, 3.8) is 0 Å². The number of nitrogens with zero attached hydrogens (tertiary/aromatic N) is 1. The molecule has 2 bridgehead atoms. The van der Waals surface area contributed by atoms with Crippen LogP contribution >= 0.6 is 0 Å². The summed E-state index contributed by atoms with van der Waals surface area (Å²) in [4.78, 5) is 17.2. The van der Waals surface area contributed by atoms with E-state index in [1.165, 1.54) is 5.56 Å². The first-order valence-corrected chi connectivity index (χ1v) is 7.53. The van der Waals surface area contributed by atoms with Crippen LogP contribution in [0.2, 0.25) is 0 Å². The molecule has 104 valence electrons. The second kappa shape index (κ2) is 4.96. The first-order valence-electron chi connectivity index (χ1n) is 7.53. The molecule has 2 heteroatoms. The topological polar surface area (TPSA) is 30.0 Å². The van der Waals surface area contributed by atoms with Gasteiger partial charge >= 0.3 is 0 Å². The van der Waals surface area contributed by atoms with Crippen LogP contribution in [0, 0.1) is 17.8 Å². The van der Waals surface area contributed by atoms with E-state index < -0.39 is 0 Å². The van der Waals surface area contributed by atoms with Gasteiger partial charge in [0.15, 0.2) is 5.78 Å². The molecule has 2 aromatic rings. The minimum absolute atomic E-state index is 0.0392. The van der Waals surface area contributed by atoms with Crippen molar-refractivity contribution in [3.8, 4) is 0 Å². The normalized spacial score (nSPS) is 29.7. The molecule has 0 N–H and O–H groups in total. The maximum atomic E-state index is 12.9. The van der Waals surface area contributed by atoms with Gasteiger partial charge in [-0.15, -0.1) is 0 Å². The lowest BCUT2D eigenvalue weighted by Gasteiger charge is -2.27. The zero-order valence-corrected chi connectivity index (χ0v) is 11.7. The molecule has 2 aliphatic rings. The molecule has 1 saturated carbocycles. The number of rotatable bonds is 3. The third-order valence-corrected chi connectivity index (χ3v) is 4.86. The molecule has 1 aromatic heterocycles. The van der Waals surface area contributed by atoms with Crippen molar-refractivity contribution in [2.45, 2.75) is 12.3 Å². The molecule has 2 unspecified atom stereocenters. The number of carbonyl (C=O) groups is 1. The Labute approximate surface area is 124 Å². The summed E-state index contributed by atoms with van der Waals surface area (Å²) in [5, 5.41) is 0. The lowest BCUT2D eigenvalue weighted by molar-refractivity contribution is 0.0881. The number of benzene rings is 1. The van der Waals surface area contributed by atoms with Gasteiger partial charge in [-0.1, -0.05) is 48.6 Å². The SMILES string of the molecule is O=C(c1ccccn1)[C@@H]1C2C=CC(C2)[C@H]1c1ccccc1. The van der Waals surface area contributed by atoms with E-state index in [9.17, 15) is 4.79 Å². The molecule has 4 atom stereocenters. The standard InChI is InChI=1S/C19H17NO/c21-19(16-8-4-5-11-20-16)18-15-10-9-14(12-15)17(18)13-6-2-1-3-7-13/h1-11,14-15,17-18H,12H2/t14?,15?,17-,18-/m1/s1. The maximum absolute atomic E-state index is 12.9. The summed E-state index contributed by atoms with van der Waals surface area (Å²) in [6, 6.07) is 16.0. The van der Waals surface area contributed by atoms with Crippen molar-refractivity contribution in [1.29, 1.82) is 0 Å². The fourth-order valence-electron chi connectivity index (χ4n) is 3.99. The smallest absolute Gasteiger partial charge is 0.185 e. The summed E-state index contributed by atoms with van der Waals surface area (Å²) in [5.74, 6) is 1.40. The molecule has 0 spiro atoms. The number of pyridine rings is 1. The Balaban J connectivity index is 1.73. The Kier molecular flexibility index (Phi) is 2.95. The molecule has 21 heavy (non-hydrogen) atoms. The molecule has 4 rings (SSSR count). The molecule has 0 aliphatic heterocycles. The Morgan fingerprint density at radius 3 is 2.48 bits per heavy atom. The second-order valence-corrected chi connectivity index (χ2v) is 5.99. The van der Waals surface area contributed by atoms with Gasteiger partial charge in [0.1, 0.15) is 5.69 Å². The fourth-order valence-corrected chi connectivity index (χ4v) is 3.99. The van der Waals surface area contributed by atoms with E-state index in [0.717, 1.165) is 6.42 Å².